The summed E-state index contributed by atoms with van der Waals surface area (Å²) in [5, 5.41) is 7.11. The van der Waals surface area contributed by atoms with Crippen molar-refractivity contribution < 1.29 is 14.4 Å². The molecule has 1 fully saturated rings. The predicted molar refractivity (Wildman–Crippen MR) is 81.5 cm³/mol. The van der Waals surface area contributed by atoms with Crippen molar-refractivity contribution in [2.45, 2.75) is 26.3 Å². The van der Waals surface area contributed by atoms with Crippen molar-refractivity contribution in [3.05, 3.63) is 18.3 Å². The monoisotopic (exact) mass is 305 g/mol. The fourth-order valence-electron chi connectivity index (χ4n) is 2.19. The van der Waals surface area contributed by atoms with Crippen LogP contribution in [0.25, 0.3) is 0 Å². The molecule has 1 aliphatic rings. The Kier molecular flexibility index (Phi) is 4.92. The van der Waals surface area contributed by atoms with Crippen molar-refractivity contribution in [1.29, 1.82) is 0 Å². The molecule has 0 bridgehead atoms. The molecule has 118 valence electrons. The first kappa shape index (κ1) is 15.7. The number of aromatic nitrogens is 1. The maximum absolute atomic E-state index is 11.9. The molecule has 4 amide bonds. The molecule has 0 spiro atoms. The van der Waals surface area contributed by atoms with Crippen LogP contribution in [-0.4, -0.2) is 42.0 Å². The molecule has 1 aromatic rings. The van der Waals surface area contributed by atoms with Gasteiger partial charge < -0.3 is 15.5 Å². The number of carbonyl (C=O) groups excluding carboxylic acids is 3. The van der Waals surface area contributed by atoms with Crippen molar-refractivity contribution in [3.8, 4) is 0 Å². The first-order chi connectivity index (χ1) is 10.5. The highest BCUT2D eigenvalue weighted by Gasteiger charge is 2.31. The lowest BCUT2D eigenvalue weighted by Crippen LogP contribution is -2.33. The molecule has 0 radical (unpaired) electrons. The Morgan fingerprint density at radius 2 is 2.05 bits per heavy atom. The summed E-state index contributed by atoms with van der Waals surface area (Å²) in [6.45, 7) is 5.79. The first-order valence-corrected chi connectivity index (χ1v) is 7.15. The Balaban J connectivity index is 1.92. The molecule has 0 aromatic carbocycles. The molecule has 8 nitrogen and oxygen atoms in total. The molecule has 1 aromatic heterocycles. The number of nitrogens with zero attached hydrogens (tertiary/aromatic N) is 2. The second-order valence-corrected chi connectivity index (χ2v) is 4.84. The van der Waals surface area contributed by atoms with Gasteiger partial charge in [-0.25, -0.2) is 9.78 Å². The molecular formula is C14H19N5O3. The highest BCUT2D eigenvalue weighted by molar-refractivity contribution is 6.06. The molecule has 0 unspecified atom stereocenters. The average molecular weight is 305 g/mol. The minimum atomic E-state index is -0.824. The van der Waals surface area contributed by atoms with Gasteiger partial charge in [0.2, 0.25) is 5.91 Å². The zero-order valence-corrected chi connectivity index (χ0v) is 12.5. The van der Waals surface area contributed by atoms with Gasteiger partial charge in [0.1, 0.15) is 11.9 Å². The number of rotatable bonds is 6. The minimum absolute atomic E-state index is 0.116. The van der Waals surface area contributed by atoms with E-state index >= 15 is 0 Å². The highest BCUT2D eigenvalue weighted by Crippen LogP contribution is 2.14. The summed E-state index contributed by atoms with van der Waals surface area (Å²) < 4.78 is 0. The van der Waals surface area contributed by atoms with Crippen LogP contribution in [0.3, 0.4) is 0 Å². The van der Waals surface area contributed by atoms with E-state index in [1.54, 1.807) is 12.3 Å². The van der Waals surface area contributed by atoms with Gasteiger partial charge in [-0.3, -0.25) is 14.9 Å². The third-order valence-electron chi connectivity index (χ3n) is 3.37. The molecule has 1 saturated heterocycles. The van der Waals surface area contributed by atoms with Gasteiger partial charge in [0.25, 0.3) is 5.91 Å². The predicted octanol–water partition coefficient (Wildman–Crippen LogP) is 0.464. The second kappa shape index (κ2) is 6.88. The van der Waals surface area contributed by atoms with Gasteiger partial charge in [-0.1, -0.05) is 0 Å². The Morgan fingerprint density at radius 1 is 1.32 bits per heavy atom. The van der Waals surface area contributed by atoms with E-state index in [2.05, 4.69) is 25.8 Å². The van der Waals surface area contributed by atoms with Gasteiger partial charge in [0.15, 0.2) is 0 Å². The molecule has 0 saturated carbocycles. The van der Waals surface area contributed by atoms with Gasteiger partial charge in [0, 0.05) is 13.1 Å². The molecule has 2 rings (SSSR count). The van der Waals surface area contributed by atoms with E-state index in [4.69, 9.17) is 0 Å². The maximum atomic E-state index is 11.9. The number of nitrogens with one attached hydrogen (secondary N) is 3. The topological polar surface area (TPSA) is 103 Å². The lowest BCUT2D eigenvalue weighted by Gasteiger charge is -2.19. The number of carbonyl (C=O) groups is 3. The van der Waals surface area contributed by atoms with E-state index in [1.807, 2.05) is 19.9 Å². The summed E-state index contributed by atoms with van der Waals surface area (Å²) >= 11 is 0. The van der Waals surface area contributed by atoms with Crippen LogP contribution in [-0.2, 0) is 9.59 Å². The fourth-order valence-corrected chi connectivity index (χ4v) is 2.19. The van der Waals surface area contributed by atoms with Gasteiger partial charge in [-0.05, 0) is 26.0 Å². The minimum Gasteiger partial charge on any atom is -0.357 e. The number of anilines is 2. The van der Waals surface area contributed by atoms with Crippen LogP contribution in [0.2, 0.25) is 0 Å². The quantitative estimate of drug-likeness (QED) is 0.663. The lowest BCUT2D eigenvalue weighted by molar-refractivity contribution is -0.124. The smallest absolute Gasteiger partial charge is 0.322 e. The van der Waals surface area contributed by atoms with Gasteiger partial charge in [-0.15, -0.1) is 0 Å². The zero-order valence-electron chi connectivity index (χ0n) is 12.5. The van der Waals surface area contributed by atoms with Gasteiger partial charge in [-0.2, -0.15) is 0 Å². The number of urea groups is 1. The fraction of sp³-hybridized carbons (Fsp3) is 0.429. The van der Waals surface area contributed by atoms with Crippen LogP contribution < -0.4 is 20.9 Å². The molecule has 2 heterocycles. The molecular weight excluding hydrogens is 286 g/mol. The van der Waals surface area contributed by atoms with Crippen LogP contribution in [0, 0.1) is 0 Å². The molecule has 1 atom stereocenters. The Labute approximate surface area is 128 Å². The van der Waals surface area contributed by atoms with E-state index in [1.165, 1.54) is 0 Å². The molecule has 22 heavy (non-hydrogen) atoms. The number of imide groups is 1. The second-order valence-electron chi connectivity index (χ2n) is 4.84. The van der Waals surface area contributed by atoms with Crippen molar-refractivity contribution >= 4 is 29.4 Å². The Hall–Kier alpha value is -2.64. The van der Waals surface area contributed by atoms with E-state index in [0.29, 0.717) is 5.69 Å². The van der Waals surface area contributed by atoms with Crippen LogP contribution >= 0.6 is 0 Å². The number of hydrogen-bond acceptors (Lipinski definition) is 5. The average Bonchev–Trinajstić information content (AvgIpc) is 2.79. The van der Waals surface area contributed by atoms with Crippen molar-refractivity contribution in [2.24, 2.45) is 0 Å². The number of amides is 4. The maximum Gasteiger partial charge on any atom is 0.322 e. The third kappa shape index (κ3) is 3.72. The normalized spacial score (nSPS) is 16.9. The largest absolute Gasteiger partial charge is 0.357 e. The van der Waals surface area contributed by atoms with Crippen LogP contribution in [0.5, 0.6) is 0 Å². The van der Waals surface area contributed by atoms with Crippen molar-refractivity contribution in [1.82, 2.24) is 15.6 Å². The molecule has 8 heteroatoms. The van der Waals surface area contributed by atoms with Crippen LogP contribution in [0.1, 0.15) is 20.3 Å². The van der Waals surface area contributed by atoms with E-state index < -0.39 is 18.0 Å². The molecule has 1 aliphatic heterocycles. The standard InChI is InChI=1S/C14H19N5O3/c1-3-19(4-2)11-6-5-9(8-15-11)16-12(20)7-10-13(21)18-14(22)17-10/h5-6,8,10H,3-4,7H2,1-2H3,(H,16,20)(H2,17,18,21,22)/t10-/m0/s1. The zero-order chi connectivity index (χ0) is 16.1. The molecule has 3 N–H and O–H groups in total. The summed E-state index contributed by atoms with van der Waals surface area (Å²) in [6.07, 6.45) is 1.45. The van der Waals surface area contributed by atoms with E-state index in [9.17, 15) is 14.4 Å². The summed E-state index contributed by atoms with van der Waals surface area (Å²) in [5.41, 5.74) is 0.547. The summed E-state index contributed by atoms with van der Waals surface area (Å²) in [4.78, 5) is 40.6. The Bertz CT molecular complexity index is 568. The highest BCUT2D eigenvalue weighted by atomic mass is 16.2. The van der Waals surface area contributed by atoms with E-state index in [-0.39, 0.29) is 12.3 Å². The SMILES string of the molecule is CCN(CC)c1ccc(NC(=O)C[C@@H]2NC(=O)NC2=O)cn1. The summed E-state index contributed by atoms with van der Waals surface area (Å²) in [7, 11) is 0. The molecule has 0 aliphatic carbocycles. The summed E-state index contributed by atoms with van der Waals surface area (Å²) in [5.74, 6) is -0.0136. The number of pyridine rings is 1. The van der Waals surface area contributed by atoms with Gasteiger partial charge in [0.05, 0.1) is 18.3 Å². The number of hydrogen-bond donors (Lipinski definition) is 3. The first-order valence-electron chi connectivity index (χ1n) is 7.15. The van der Waals surface area contributed by atoms with Gasteiger partial charge >= 0.3 is 6.03 Å². The van der Waals surface area contributed by atoms with Crippen LogP contribution in [0.4, 0.5) is 16.3 Å². The van der Waals surface area contributed by atoms with Crippen molar-refractivity contribution in [3.63, 3.8) is 0 Å². The van der Waals surface area contributed by atoms with Crippen LogP contribution in [0.15, 0.2) is 18.3 Å². The third-order valence-corrected chi connectivity index (χ3v) is 3.37. The lowest BCUT2D eigenvalue weighted by atomic mass is 10.2. The van der Waals surface area contributed by atoms with Crippen molar-refractivity contribution in [2.75, 3.05) is 23.3 Å². The Morgan fingerprint density at radius 3 is 2.55 bits per heavy atom. The summed E-state index contributed by atoms with van der Waals surface area (Å²) in [6, 6.07) is 2.18. The van der Waals surface area contributed by atoms with E-state index in [0.717, 1.165) is 18.9 Å².